The molecule has 0 bridgehead atoms. The summed E-state index contributed by atoms with van der Waals surface area (Å²) in [6.45, 7) is -0.382. The van der Waals surface area contributed by atoms with Crippen molar-refractivity contribution in [1.29, 1.82) is 0 Å². The van der Waals surface area contributed by atoms with Crippen LogP contribution in [-0.4, -0.2) is 35.2 Å². The maximum atomic E-state index is 8.65. The lowest BCUT2D eigenvalue weighted by atomic mass is 10.0. The molecule has 1 heterocycles. The third kappa shape index (κ3) is 1.04. The van der Waals surface area contributed by atoms with Crippen molar-refractivity contribution >= 4 is 6.21 Å². The van der Waals surface area contributed by atoms with E-state index >= 15 is 0 Å². The fourth-order valence-corrected chi connectivity index (χ4v) is 0.627. The molecule has 1 aliphatic rings. The summed E-state index contributed by atoms with van der Waals surface area (Å²) in [5, 5.41) is 20.7. The van der Waals surface area contributed by atoms with Gasteiger partial charge in [0.05, 0.1) is 13.2 Å². The molecule has 0 aliphatic carbocycles. The first-order chi connectivity index (χ1) is 4.33. The molecular weight excluding hydrogens is 122 g/mol. The fraction of sp³-hybridized carbons (Fsp3) is 0.800. The first-order valence-electron chi connectivity index (χ1n) is 2.75. The summed E-state index contributed by atoms with van der Waals surface area (Å²) in [4.78, 5) is 4.71. The predicted molar refractivity (Wildman–Crippen MR) is 31.1 cm³/mol. The summed E-state index contributed by atoms with van der Waals surface area (Å²) in [5.74, 6) is 0. The van der Waals surface area contributed by atoms with Crippen molar-refractivity contribution < 1.29 is 15.1 Å². The summed E-state index contributed by atoms with van der Waals surface area (Å²) >= 11 is 0. The molecule has 9 heavy (non-hydrogen) atoms. The topological polar surface area (TPSA) is 62.0 Å². The van der Waals surface area contributed by atoms with Crippen LogP contribution < -0.4 is 0 Å². The minimum Gasteiger partial charge on any atom is -0.392 e. The van der Waals surface area contributed by atoms with Gasteiger partial charge in [-0.1, -0.05) is 5.16 Å². The van der Waals surface area contributed by atoms with Gasteiger partial charge in [-0.3, -0.25) is 0 Å². The normalized spacial score (nSPS) is 22.0. The molecule has 0 saturated carbocycles. The average molecular weight is 131 g/mol. The third-order valence-corrected chi connectivity index (χ3v) is 1.36. The zero-order chi connectivity index (χ0) is 6.74. The van der Waals surface area contributed by atoms with Gasteiger partial charge in [-0.25, -0.2) is 0 Å². The number of rotatable bonds is 2. The van der Waals surface area contributed by atoms with E-state index in [9.17, 15) is 0 Å². The molecule has 0 radical (unpaired) electrons. The Kier molecular flexibility index (Phi) is 1.68. The van der Waals surface area contributed by atoms with Gasteiger partial charge in [-0.15, -0.1) is 0 Å². The molecular formula is C5H9NO3. The zero-order valence-corrected chi connectivity index (χ0v) is 4.95. The lowest BCUT2D eigenvalue weighted by Gasteiger charge is -2.19. The number of hydrogen-bond donors (Lipinski definition) is 2. The number of aliphatic hydroxyl groups excluding tert-OH is 2. The minimum absolute atomic E-state index is 0.191. The highest BCUT2D eigenvalue weighted by atomic mass is 16.7. The van der Waals surface area contributed by atoms with Crippen LogP contribution in [0.25, 0.3) is 0 Å². The van der Waals surface area contributed by atoms with Gasteiger partial charge in [0.2, 0.25) is 0 Å². The largest absolute Gasteiger partial charge is 0.392 e. The Hall–Kier alpha value is -0.610. The molecule has 4 heteroatoms. The van der Waals surface area contributed by atoms with E-state index in [0.29, 0.717) is 6.42 Å². The summed E-state index contributed by atoms with van der Waals surface area (Å²) in [7, 11) is 0. The van der Waals surface area contributed by atoms with E-state index in [0.717, 1.165) is 0 Å². The SMILES string of the molecule is OCC1(CO)CC=NO1. The molecule has 0 atom stereocenters. The van der Waals surface area contributed by atoms with Crippen LogP contribution in [0.4, 0.5) is 0 Å². The number of hydrogen-bond acceptors (Lipinski definition) is 4. The zero-order valence-electron chi connectivity index (χ0n) is 4.95. The van der Waals surface area contributed by atoms with Crippen LogP contribution in [0.15, 0.2) is 5.16 Å². The second-order valence-corrected chi connectivity index (χ2v) is 2.08. The second kappa shape index (κ2) is 2.33. The molecule has 0 fully saturated rings. The van der Waals surface area contributed by atoms with Crippen molar-refractivity contribution in [1.82, 2.24) is 0 Å². The van der Waals surface area contributed by atoms with Gasteiger partial charge in [0.15, 0.2) is 5.60 Å². The van der Waals surface area contributed by atoms with Crippen LogP contribution in [0, 0.1) is 0 Å². The van der Waals surface area contributed by atoms with Gasteiger partial charge in [0, 0.05) is 12.6 Å². The maximum Gasteiger partial charge on any atom is 0.188 e. The lowest BCUT2D eigenvalue weighted by Crippen LogP contribution is -2.36. The van der Waals surface area contributed by atoms with Gasteiger partial charge in [0.25, 0.3) is 0 Å². The Morgan fingerprint density at radius 3 is 2.44 bits per heavy atom. The maximum absolute atomic E-state index is 8.65. The standard InChI is InChI=1S/C5H9NO3/c7-3-5(4-8)1-2-6-9-5/h2,7-8H,1,3-4H2. The minimum atomic E-state index is -0.833. The van der Waals surface area contributed by atoms with Crippen LogP contribution >= 0.6 is 0 Å². The molecule has 2 N–H and O–H groups in total. The molecule has 1 rings (SSSR count). The average Bonchev–Trinajstić information content (AvgIpc) is 2.36. The van der Waals surface area contributed by atoms with E-state index in [4.69, 9.17) is 15.1 Å². The fourth-order valence-electron chi connectivity index (χ4n) is 0.627. The first-order valence-corrected chi connectivity index (χ1v) is 2.75. The third-order valence-electron chi connectivity index (χ3n) is 1.36. The number of nitrogens with zero attached hydrogens (tertiary/aromatic N) is 1. The van der Waals surface area contributed by atoms with Crippen LogP contribution in [0.3, 0.4) is 0 Å². The van der Waals surface area contributed by atoms with Crippen LogP contribution in [0.5, 0.6) is 0 Å². The summed E-state index contributed by atoms with van der Waals surface area (Å²) in [5.41, 5.74) is -0.833. The predicted octanol–water partition coefficient (Wildman–Crippen LogP) is -0.884. The lowest BCUT2D eigenvalue weighted by molar-refractivity contribution is -0.0878. The summed E-state index contributed by atoms with van der Waals surface area (Å²) in [6.07, 6.45) is 2.02. The van der Waals surface area contributed by atoms with E-state index in [2.05, 4.69) is 5.16 Å². The van der Waals surface area contributed by atoms with E-state index in [1.165, 1.54) is 6.21 Å². The molecule has 0 amide bonds. The van der Waals surface area contributed by atoms with Crippen molar-refractivity contribution in [2.24, 2.45) is 5.16 Å². The van der Waals surface area contributed by atoms with Gasteiger partial charge in [-0.05, 0) is 0 Å². The van der Waals surface area contributed by atoms with Crippen molar-refractivity contribution in [3.63, 3.8) is 0 Å². The first kappa shape index (κ1) is 6.51. The van der Waals surface area contributed by atoms with Gasteiger partial charge < -0.3 is 15.1 Å². The van der Waals surface area contributed by atoms with Gasteiger partial charge in [0.1, 0.15) is 0 Å². The highest BCUT2D eigenvalue weighted by Gasteiger charge is 2.33. The molecule has 0 aromatic heterocycles. The Labute approximate surface area is 52.7 Å². The molecule has 52 valence electrons. The number of aliphatic hydroxyl groups is 2. The van der Waals surface area contributed by atoms with Crippen LogP contribution in [0.1, 0.15) is 6.42 Å². The van der Waals surface area contributed by atoms with Gasteiger partial charge >= 0.3 is 0 Å². The molecule has 0 aromatic rings. The second-order valence-electron chi connectivity index (χ2n) is 2.08. The molecule has 1 aliphatic heterocycles. The molecule has 4 nitrogen and oxygen atoms in total. The smallest absolute Gasteiger partial charge is 0.188 e. The molecule has 0 spiro atoms. The van der Waals surface area contributed by atoms with Crippen molar-refractivity contribution in [2.45, 2.75) is 12.0 Å². The monoisotopic (exact) mass is 131 g/mol. The van der Waals surface area contributed by atoms with E-state index in [-0.39, 0.29) is 13.2 Å². The van der Waals surface area contributed by atoms with Crippen molar-refractivity contribution in [3.8, 4) is 0 Å². The van der Waals surface area contributed by atoms with Crippen molar-refractivity contribution in [2.75, 3.05) is 13.2 Å². The highest BCUT2D eigenvalue weighted by molar-refractivity contribution is 5.59. The Balaban J connectivity index is 2.50. The molecule has 0 unspecified atom stereocenters. The molecule has 0 aromatic carbocycles. The number of oxime groups is 1. The molecule has 0 saturated heterocycles. The Bertz CT molecular complexity index is 109. The summed E-state index contributed by atoms with van der Waals surface area (Å²) < 4.78 is 0. The quantitative estimate of drug-likeness (QED) is 0.511. The van der Waals surface area contributed by atoms with E-state index in [1.807, 2.05) is 0 Å². The Morgan fingerprint density at radius 2 is 2.22 bits per heavy atom. The van der Waals surface area contributed by atoms with Crippen LogP contribution in [0.2, 0.25) is 0 Å². The Morgan fingerprint density at radius 1 is 1.56 bits per heavy atom. The van der Waals surface area contributed by atoms with E-state index < -0.39 is 5.60 Å². The van der Waals surface area contributed by atoms with E-state index in [1.54, 1.807) is 0 Å². The summed E-state index contributed by atoms with van der Waals surface area (Å²) in [6, 6.07) is 0. The van der Waals surface area contributed by atoms with Crippen molar-refractivity contribution in [3.05, 3.63) is 0 Å². The highest BCUT2D eigenvalue weighted by Crippen LogP contribution is 2.18. The van der Waals surface area contributed by atoms with Crippen LogP contribution in [-0.2, 0) is 4.84 Å². The van der Waals surface area contributed by atoms with Gasteiger partial charge in [-0.2, -0.15) is 0 Å².